The smallest absolute Gasteiger partial charge is 0.306 e. The number of pyridine rings is 1. The van der Waals surface area contributed by atoms with Crippen molar-refractivity contribution in [2.45, 2.75) is 17.9 Å². The van der Waals surface area contributed by atoms with E-state index in [4.69, 9.17) is 9.47 Å². The van der Waals surface area contributed by atoms with Gasteiger partial charge in [0, 0.05) is 22.4 Å². The molecule has 0 aliphatic rings. The van der Waals surface area contributed by atoms with Crippen LogP contribution in [-0.2, 0) is 16.1 Å². The van der Waals surface area contributed by atoms with E-state index in [1.54, 1.807) is 24.2 Å². The lowest BCUT2D eigenvalue weighted by Gasteiger charge is -2.11. The average molecular weight is 365 g/mol. The molecule has 0 spiro atoms. The van der Waals surface area contributed by atoms with Crippen molar-refractivity contribution < 1.29 is 14.3 Å². The summed E-state index contributed by atoms with van der Waals surface area (Å²) in [6, 6.07) is 21.2. The Morgan fingerprint density at radius 3 is 2.58 bits per heavy atom. The van der Waals surface area contributed by atoms with Crippen LogP contribution in [0, 0.1) is 0 Å². The highest BCUT2D eigenvalue weighted by molar-refractivity contribution is 7.99. The number of ether oxygens (including phenoxy) is 2. The molecule has 3 rings (SSSR count). The quantitative estimate of drug-likeness (QED) is 0.411. The Kier molecular flexibility index (Phi) is 6.67. The zero-order valence-corrected chi connectivity index (χ0v) is 15.0. The van der Waals surface area contributed by atoms with Gasteiger partial charge in [0.15, 0.2) is 0 Å². The van der Waals surface area contributed by atoms with Crippen molar-refractivity contribution in [3.05, 3.63) is 84.7 Å². The van der Waals surface area contributed by atoms with Crippen LogP contribution in [0.5, 0.6) is 11.5 Å². The van der Waals surface area contributed by atoms with Gasteiger partial charge in [0.25, 0.3) is 0 Å². The van der Waals surface area contributed by atoms with Crippen LogP contribution in [0.4, 0.5) is 0 Å². The van der Waals surface area contributed by atoms with E-state index in [2.05, 4.69) is 4.98 Å². The maximum atomic E-state index is 12.0. The molecule has 0 aliphatic heterocycles. The second kappa shape index (κ2) is 9.63. The minimum Gasteiger partial charge on any atom is -0.461 e. The number of carbonyl (C=O) groups excluding carboxylic acids is 1. The minimum absolute atomic E-state index is 0.186. The molecule has 0 fully saturated rings. The van der Waals surface area contributed by atoms with Crippen LogP contribution in [0.3, 0.4) is 0 Å². The maximum absolute atomic E-state index is 12.0. The number of para-hydroxylation sites is 1. The standard InChI is InChI=1S/C21H19NO3S/c23-21(12-14-26-19-9-2-1-3-10-19)24-16-17-7-4-5-11-20(17)25-18-8-6-13-22-15-18/h1-11,13,15H,12,14,16H2. The van der Waals surface area contributed by atoms with Crippen molar-refractivity contribution in [2.75, 3.05) is 5.75 Å². The highest BCUT2D eigenvalue weighted by Gasteiger charge is 2.09. The molecule has 0 amide bonds. The maximum Gasteiger partial charge on any atom is 0.306 e. The summed E-state index contributed by atoms with van der Waals surface area (Å²) in [4.78, 5) is 17.2. The summed E-state index contributed by atoms with van der Waals surface area (Å²) in [5, 5.41) is 0. The lowest BCUT2D eigenvalue weighted by Crippen LogP contribution is -2.06. The molecule has 5 heteroatoms. The lowest BCUT2D eigenvalue weighted by molar-refractivity contribution is -0.144. The third kappa shape index (κ3) is 5.63. The van der Waals surface area contributed by atoms with Gasteiger partial charge in [-0.1, -0.05) is 36.4 Å². The zero-order valence-electron chi connectivity index (χ0n) is 14.2. The average Bonchev–Trinajstić information content (AvgIpc) is 2.69. The molecule has 0 atom stereocenters. The van der Waals surface area contributed by atoms with E-state index in [1.165, 1.54) is 0 Å². The molecule has 0 saturated heterocycles. The Hall–Kier alpha value is -2.79. The predicted molar refractivity (Wildman–Crippen MR) is 102 cm³/mol. The van der Waals surface area contributed by atoms with Gasteiger partial charge >= 0.3 is 5.97 Å². The summed E-state index contributed by atoms with van der Waals surface area (Å²) >= 11 is 1.64. The second-order valence-corrected chi connectivity index (χ2v) is 6.64. The van der Waals surface area contributed by atoms with E-state index in [1.807, 2.05) is 66.7 Å². The first-order valence-corrected chi connectivity index (χ1v) is 9.29. The third-order valence-electron chi connectivity index (χ3n) is 3.54. The van der Waals surface area contributed by atoms with E-state index < -0.39 is 0 Å². The van der Waals surface area contributed by atoms with Gasteiger partial charge in [-0.3, -0.25) is 9.78 Å². The first-order chi connectivity index (χ1) is 12.8. The fourth-order valence-corrected chi connectivity index (χ4v) is 3.11. The van der Waals surface area contributed by atoms with Crippen LogP contribution >= 0.6 is 11.8 Å². The molecule has 0 aliphatic carbocycles. The Balaban J connectivity index is 1.49. The summed E-state index contributed by atoms with van der Waals surface area (Å²) in [6.07, 6.45) is 3.70. The molecule has 1 heterocycles. The number of thioether (sulfide) groups is 1. The van der Waals surface area contributed by atoms with Gasteiger partial charge < -0.3 is 9.47 Å². The number of benzene rings is 2. The van der Waals surface area contributed by atoms with Gasteiger partial charge in [0.2, 0.25) is 0 Å². The first-order valence-electron chi connectivity index (χ1n) is 8.30. The molecule has 132 valence electrons. The number of rotatable bonds is 8. The van der Waals surface area contributed by atoms with Gasteiger partial charge in [-0.15, -0.1) is 11.8 Å². The minimum atomic E-state index is -0.218. The van der Waals surface area contributed by atoms with E-state index in [0.29, 0.717) is 23.7 Å². The van der Waals surface area contributed by atoms with Crippen molar-refractivity contribution in [1.82, 2.24) is 4.98 Å². The van der Waals surface area contributed by atoms with E-state index in [-0.39, 0.29) is 12.6 Å². The van der Waals surface area contributed by atoms with Gasteiger partial charge in [0.05, 0.1) is 12.6 Å². The van der Waals surface area contributed by atoms with Gasteiger partial charge in [0.1, 0.15) is 18.1 Å². The number of hydrogen-bond donors (Lipinski definition) is 0. The summed E-state index contributed by atoms with van der Waals surface area (Å²) < 4.78 is 11.2. The Bertz CT molecular complexity index is 825. The fraction of sp³-hybridized carbons (Fsp3) is 0.143. The van der Waals surface area contributed by atoms with Crippen molar-refractivity contribution in [3.63, 3.8) is 0 Å². The summed E-state index contributed by atoms with van der Waals surface area (Å²) in [6.45, 7) is 0.186. The van der Waals surface area contributed by atoms with Crippen molar-refractivity contribution in [3.8, 4) is 11.5 Å². The monoisotopic (exact) mass is 365 g/mol. The van der Waals surface area contributed by atoms with Crippen molar-refractivity contribution in [1.29, 1.82) is 0 Å². The molecule has 0 bridgehead atoms. The Morgan fingerprint density at radius 1 is 0.962 bits per heavy atom. The molecule has 1 aromatic heterocycles. The van der Waals surface area contributed by atoms with Crippen LogP contribution in [-0.4, -0.2) is 16.7 Å². The van der Waals surface area contributed by atoms with Gasteiger partial charge in [-0.25, -0.2) is 0 Å². The second-order valence-electron chi connectivity index (χ2n) is 5.47. The zero-order chi connectivity index (χ0) is 18.0. The molecule has 2 aromatic carbocycles. The Labute approximate surface area is 157 Å². The summed E-state index contributed by atoms with van der Waals surface area (Å²) in [7, 11) is 0. The van der Waals surface area contributed by atoms with Crippen LogP contribution in [0.25, 0.3) is 0 Å². The highest BCUT2D eigenvalue weighted by atomic mass is 32.2. The number of aromatic nitrogens is 1. The molecule has 0 N–H and O–H groups in total. The molecule has 26 heavy (non-hydrogen) atoms. The number of nitrogens with zero attached hydrogens (tertiary/aromatic N) is 1. The molecular weight excluding hydrogens is 346 g/mol. The molecular formula is C21H19NO3S. The largest absolute Gasteiger partial charge is 0.461 e. The number of carbonyl (C=O) groups is 1. The SMILES string of the molecule is O=C(CCSc1ccccc1)OCc1ccccc1Oc1cccnc1. The molecule has 0 saturated carbocycles. The molecule has 0 unspecified atom stereocenters. The van der Waals surface area contributed by atoms with E-state index in [0.717, 1.165) is 10.5 Å². The molecule has 0 radical (unpaired) electrons. The summed E-state index contributed by atoms with van der Waals surface area (Å²) in [5.41, 5.74) is 0.820. The van der Waals surface area contributed by atoms with Crippen molar-refractivity contribution >= 4 is 17.7 Å². The van der Waals surface area contributed by atoms with Crippen LogP contribution < -0.4 is 4.74 Å². The number of esters is 1. The third-order valence-corrected chi connectivity index (χ3v) is 4.56. The molecule has 3 aromatic rings. The van der Waals surface area contributed by atoms with Crippen LogP contribution in [0.1, 0.15) is 12.0 Å². The predicted octanol–water partition coefficient (Wildman–Crippen LogP) is 5.10. The Morgan fingerprint density at radius 2 is 1.77 bits per heavy atom. The lowest BCUT2D eigenvalue weighted by atomic mass is 10.2. The summed E-state index contributed by atoms with van der Waals surface area (Å²) in [5.74, 6) is 1.78. The van der Waals surface area contributed by atoms with Gasteiger partial charge in [-0.05, 0) is 30.3 Å². The fourth-order valence-electron chi connectivity index (χ4n) is 2.26. The van der Waals surface area contributed by atoms with Gasteiger partial charge in [-0.2, -0.15) is 0 Å². The normalized spacial score (nSPS) is 10.3. The van der Waals surface area contributed by atoms with E-state index in [9.17, 15) is 4.79 Å². The number of hydrogen-bond acceptors (Lipinski definition) is 5. The topological polar surface area (TPSA) is 48.4 Å². The van der Waals surface area contributed by atoms with Crippen molar-refractivity contribution in [2.24, 2.45) is 0 Å². The highest BCUT2D eigenvalue weighted by Crippen LogP contribution is 2.25. The van der Waals surface area contributed by atoms with E-state index >= 15 is 0 Å². The van der Waals surface area contributed by atoms with Crippen LogP contribution in [0.2, 0.25) is 0 Å². The molecule has 4 nitrogen and oxygen atoms in total. The van der Waals surface area contributed by atoms with Crippen LogP contribution in [0.15, 0.2) is 84.0 Å². The first kappa shape index (κ1) is 18.0.